The molecule has 0 spiro atoms. The Hall–Kier alpha value is -2.57. The van der Waals surface area contributed by atoms with Crippen LogP contribution < -0.4 is 10.6 Å². The second-order valence-corrected chi connectivity index (χ2v) is 4.92. The van der Waals surface area contributed by atoms with E-state index < -0.39 is 30.1 Å². The van der Waals surface area contributed by atoms with Crippen molar-refractivity contribution in [3.63, 3.8) is 0 Å². The monoisotopic (exact) mass is 322 g/mol. The van der Waals surface area contributed by atoms with E-state index in [4.69, 9.17) is 4.74 Å². The molecule has 0 aliphatic rings. The van der Waals surface area contributed by atoms with E-state index in [2.05, 4.69) is 15.4 Å². The average molecular weight is 322 g/mol. The molecule has 23 heavy (non-hydrogen) atoms. The van der Waals surface area contributed by atoms with Gasteiger partial charge < -0.3 is 20.1 Å². The highest BCUT2D eigenvalue weighted by molar-refractivity contribution is 5.89. The summed E-state index contributed by atoms with van der Waals surface area (Å²) >= 11 is 0. The first-order chi connectivity index (χ1) is 11.0. The number of carbonyl (C=O) groups is 3. The third-order valence-corrected chi connectivity index (χ3v) is 3.15. The van der Waals surface area contributed by atoms with Crippen LogP contribution in [0.3, 0.4) is 0 Å². The van der Waals surface area contributed by atoms with Crippen molar-refractivity contribution < 1.29 is 23.9 Å². The van der Waals surface area contributed by atoms with Gasteiger partial charge in [0, 0.05) is 0 Å². The first kappa shape index (κ1) is 18.5. The second-order valence-electron chi connectivity index (χ2n) is 4.92. The molecule has 0 radical (unpaired) electrons. The van der Waals surface area contributed by atoms with Gasteiger partial charge in [-0.05, 0) is 18.9 Å². The number of methoxy groups -OCH3 is 1. The molecular weight excluding hydrogens is 300 g/mol. The van der Waals surface area contributed by atoms with Crippen molar-refractivity contribution in [1.82, 2.24) is 10.6 Å². The molecule has 1 rings (SSSR count). The summed E-state index contributed by atoms with van der Waals surface area (Å²) < 4.78 is 9.61. The molecular formula is C16H22N2O5. The van der Waals surface area contributed by atoms with Gasteiger partial charge in [-0.1, -0.05) is 37.3 Å². The van der Waals surface area contributed by atoms with Crippen LogP contribution >= 0.6 is 0 Å². The van der Waals surface area contributed by atoms with Gasteiger partial charge in [-0.15, -0.1) is 0 Å². The molecule has 7 nitrogen and oxygen atoms in total. The Labute approximate surface area is 135 Å². The molecule has 2 N–H and O–H groups in total. The molecule has 7 heteroatoms. The highest BCUT2D eigenvalue weighted by atomic mass is 16.5. The maximum atomic E-state index is 12.0. The molecule has 0 saturated carbocycles. The van der Waals surface area contributed by atoms with Crippen LogP contribution in [0.2, 0.25) is 0 Å². The number of carbonyl (C=O) groups excluding carboxylic acids is 3. The van der Waals surface area contributed by atoms with Crippen molar-refractivity contribution in [2.45, 2.75) is 39.0 Å². The lowest BCUT2D eigenvalue weighted by Crippen LogP contribution is -2.50. The molecule has 0 unspecified atom stereocenters. The van der Waals surface area contributed by atoms with Crippen molar-refractivity contribution >= 4 is 18.0 Å². The van der Waals surface area contributed by atoms with E-state index in [0.29, 0.717) is 6.42 Å². The summed E-state index contributed by atoms with van der Waals surface area (Å²) in [7, 11) is 1.25. The maximum Gasteiger partial charge on any atom is 0.408 e. The predicted molar refractivity (Wildman–Crippen MR) is 83.5 cm³/mol. The Balaban J connectivity index is 2.41. The average Bonchev–Trinajstić information content (AvgIpc) is 2.57. The molecule has 2 amide bonds. The van der Waals surface area contributed by atoms with E-state index in [0.717, 1.165) is 5.56 Å². The number of esters is 1. The van der Waals surface area contributed by atoms with E-state index >= 15 is 0 Å². The van der Waals surface area contributed by atoms with Crippen LogP contribution in [0.15, 0.2) is 30.3 Å². The zero-order valence-electron chi connectivity index (χ0n) is 13.5. The number of rotatable bonds is 7. The summed E-state index contributed by atoms with van der Waals surface area (Å²) in [5, 5.41) is 4.92. The lowest BCUT2D eigenvalue weighted by Gasteiger charge is -2.18. The highest BCUT2D eigenvalue weighted by Crippen LogP contribution is 2.01. The summed E-state index contributed by atoms with van der Waals surface area (Å²) in [5.74, 6) is -1.02. The molecule has 1 aromatic rings. The Morgan fingerprint density at radius 2 is 1.78 bits per heavy atom. The summed E-state index contributed by atoms with van der Waals surface area (Å²) in [6.45, 7) is 3.36. The number of ether oxygens (including phenoxy) is 2. The maximum absolute atomic E-state index is 12.0. The molecule has 0 bridgehead atoms. The number of amides is 2. The summed E-state index contributed by atoms with van der Waals surface area (Å²) in [4.78, 5) is 35.1. The Kier molecular flexibility index (Phi) is 7.59. The van der Waals surface area contributed by atoms with Gasteiger partial charge in [0.15, 0.2) is 0 Å². The largest absolute Gasteiger partial charge is 0.467 e. The Morgan fingerprint density at radius 3 is 2.35 bits per heavy atom. The van der Waals surface area contributed by atoms with Crippen molar-refractivity contribution in [2.24, 2.45) is 0 Å². The molecule has 1 aromatic carbocycles. The smallest absolute Gasteiger partial charge is 0.408 e. The summed E-state index contributed by atoms with van der Waals surface area (Å²) in [5.41, 5.74) is 0.844. The molecule has 126 valence electrons. The SMILES string of the molecule is CC[C@H](NC(=O)[C@@H](C)NC(=O)OCc1ccccc1)C(=O)OC. The minimum atomic E-state index is -0.836. The molecule has 0 heterocycles. The van der Waals surface area contributed by atoms with Gasteiger partial charge in [0.05, 0.1) is 7.11 Å². The number of hydrogen-bond acceptors (Lipinski definition) is 5. The lowest BCUT2D eigenvalue weighted by atomic mass is 10.2. The van der Waals surface area contributed by atoms with Crippen molar-refractivity contribution in [3.05, 3.63) is 35.9 Å². The van der Waals surface area contributed by atoms with E-state index in [-0.39, 0.29) is 6.61 Å². The third-order valence-electron chi connectivity index (χ3n) is 3.15. The molecule has 0 saturated heterocycles. The van der Waals surface area contributed by atoms with Crippen molar-refractivity contribution in [2.75, 3.05) is 7.11 Å². The molecule has 0 aliphatic heterocycles. The fourth-order valence-electron chi connectivity index (χ4n) is 1.77. The minimum absolute atomic E-state index is 0.112. The van der Waals surface area contributed by atoms with Crippen LogP contribution in [0.1, 0.15) is 25.8 Å². The van der Waals surface area contributed by atoms with Gasteiger partial charge >= 0.3 is 12.1 Å². The number of benzene rings is 1. The Morgan fingerprint density at radius 1 is 1.13 bits per heavy atom. The molecule has 0 fully saturated rings. The molecule has 2 atom stereocenters. The predicted octanol–water partition coefficient (Wildman–Crippen LogP) is 1.37. The van der Waals surface area contributed by atoms with Crippen molar-refractivity contribution in [3.8, 4) is 0 Å². The highest BCUT2D eigenvalue weighted by Gasteiger charge is 2.23. The summed E-state index contributed by atoms with van der Waals surface area (Å²) in [6.07, 6.45) is -0.313. The molecule has 0 aromatic heterocycles. The number of nitrogens with one attached hydrogen (secondary N) is 2. The van der Waals surface area contributed by atoms with E-state index in [1.807, 2.05) is 30.3 Å². The van der Waals surface area contributed by atoms with E-state index in [1.165, 1.54) is 14.0 Å². The van der Waals surface area contributed by atoms with E-state index in [1.54, 1.807) is 6.92 Å². The first-order valence-corrected chi connectivity index (χ1v) is 7.33. The normalized spacial score (nSPS) is 12.7. The van der Waals surface area contributed by atoms with Crippen molar-refractivity contribution in [1.29, 1.82) is 0 Å². The zero-order valence-corrected chi connectivity index (χ0v) is 13.5. The van der Waals surface area contributed by atoms with Gasteiger partial charge in [0.1, 0.15) is 18.7 Å². The van der Waals surface area contributed by atoms with Gasteiger partial charge in [0.25, 0.3) is 0 Å². The number of hydrogen-bond donors (Lipinski definition) is 2. The third kappa shape index (κ3) is 6.37. The Bertz CT molecular complexity index is 533. The van der Waals surface area contributed by atoms with Crippen LogP contribution in [0.5, 0.6) is 0 Å². The quantitative estimate of drug-likeness (QED) is 0.740. The lowest BCUT2D eigenvalue weighted by molar-refractivity contribution is -0.145. The van der Waals surface area contributed by atoms with Crippen LogP contribution in [0, 0.1) is 0 Å². The van der Waals surface area contributed by atoms with Crippen LogP contribution in [0.4, 0.5) is 4.79 Å². The van der Waals surface area contributed by atoms with Gasteiger partial charge in [-0.25, -0.2) is 9.59 Å². The fourth-order valence-corrected chi connectivity index (χ4v) is 1.77. The van der Waals surface area contributed by atoms with Gasteiger partial charge in [-0.2, -0.15) is 0 Å². The van der Waals surface area contributed by atoms with Gasteiger partial charge in [0.2, 0.25) is 5.91 Å². The summed E-state index contributed by atoms with van der Waals surface area (Å²) in [6, 6.07) is 7.61. The second kappa shape index (κ2) is 9.45. The van der Waals surface area contributed by atoms with Crippen LogP contribution in [-0.2, 0) is 25.7 Å². The van der Waals surface area contributed by atoms with Crippen LogP contribution in [0.25, 0.3) is 0 Å². The topological polar surface area (TPSA) is 93.7 Å². The fraction of sp³-hybridized carbons (Fsp3) is 0.438. The van der Waals surface area contributed by atoms with E-state index in [9.17, 15) is 14.4 Å². The minimum Gasteiger partial charge on any atom is -0.467 e. The molecule has 0 aliphatic carbocycles. The number of alkyl carbamates (subject to hydrolysis) is 1. The standard InChI is InChI=1S/C16H22N2O5/c1-4-13(15(20)22-3)18-14(19)11(2)17-16(21)23-10-12-8-6-5-7-9-12/h5-9,11,13H,4,10H2,1-3H3,(H,17,21)(H,18,19)/t11-,13+/m1/s1. The van der Waals surface area contributed by atoms with Gasteiger partial charge in [-0.3, -0.25) is 4.79 Å². The zero-order chi connectivity index (χ0) is 17.2. The first-order valence-electron chi connectivity index (χ1n) is 7.33. The van der Waals surface area contributed by atoms with Crippen LogP contribution in [-0.4, -0.2) is 37.2 Å².